The molecule has 0 fully saturated rings. The van der Waals surface area contributed by atoms with Crippen LogP contribution in [0.15, 0.2) is 133 Å². The third kappa shape index (κ3) is 3.25. The van der Waals surface area contributed by atoms with Crippen molar-refractivity contribution in [1.82, 2.24) is 0 Å². The molecule has 0 aliphatic carbocycles. The van der Waals surface area contributed by atoms with Gasteiger partial charge in [-0.25, -0.2) is 0 Å². The summed E-state index contributed by atoms with van der Waals surface area (Å²) in [5.74, 6) is 1.74. The molecule has 0 aliphatic rings. The summed E-state index contributed by atoms with van der Waals surface area (Å²) in [5.41, 5.74) is 2.49. The molecule has 0 atom stereocenters. The zero-order chi connectivity index (χ0) is 23.2. The van der Waals surface area contributed by atoms with E-state index in [-0.39, 0.29) is 0 Å². The van der Waals surface area contributed by atoms with Crippen LogP contribution >= 0.6 is 0 Å². The van der Waals surface area contributed by atoms with Gasteiger partial charge in [0.25, 0.3) is 0 Å². The van der Waals surface area contributed by atoms with Crippen LogP contribution in [0, 0.1) is 0 Å². The Morgan fingerprint density at radius 1 is 0.371 bits per heavy atom. The third-order valence-corrected chi connectivity index (χ3v) is 6.86. The maximum atomic E-state index is 6.63. The van der Waals surface area contributed by atoms with Gasteiger partial charge in [-0.1, -0.05) is 109 Å². The highest BCUT2D eigenvalue weighted by Crippen LogP contribution is 2.47. The van der Waals surface area contributed by atoms with Gasteiger partial charge < -0.3 is 4.74 Å². The van der Waals surface area contributed by atoms with E-state index in [1.807, 2.05) is 30.3 Å². The Labute approximate surface area is 203 Å². The third-order valence-electron chi connectivity index (χ3n) is 6.86. The van der Waals surface area contributed by atoms with E-state index in [0.29, 0.717) is 0 Å². The zero-order valence-electron chi connectivity index (χ0n) is 19.1. The minimum atomic E-state index is 0.838. The SMILES string of the molecule is c1ccc(Oc2c3ccccc3c(-c3cccc4ccccc34)c3cc4ccccc4cc23)cc1. The number of fused-ring (bicyclic) bond motifs is 4. The Balaban J connectivity index is 1.68. The molecule has 0 N–H and O–H groups in total. The molecule has 0 saturated heterocycles. The predicted octanol–water partition coefficient (Wildman–Crippen LogP) is 9.76. The summed E-state index contributed by atoms with van der Waals surface area (Å²) in [7, 11) is 0. The van der Waals surface area contributed by atoms with Gasteiger partial charge in [0.05, 0.1) is 0 Å². The molecule has 35 heavy (non-hydrogen) atoms. The number of hydrogen-bond donors (Lipinski definition) is 0. The van der Waals surface area contributed by atoms with Crippen molar-refractivity contribution in [1.29, 1.82) is 0 Å². The first-order valence-electron chi connectivity index (χ1n) is 11.9. The van der Waals surface area contributed by atoms with Gasteiger partial charge in [-0.15, -0.1) is 0 Å². The van der Waals surface area contributed by atoms with Crippen LogP contribution in [0.4, 0.5) is 0 Å². The van der Waals surface area contributed by atoms with Gasteiger partial charge in [-0.2, -0.15) is 0 Å². The second kappa shape index (κ2) is 8.00. The van der Waals surface area contributed by atoms with Crippen LogP contribution in [0.1, 0.15) is 0 Å². The largest absolute Gasteiger partial charge is 0.456 e. The Kier molecular flexibility index (Phi) is 4.53. The Bertz CT molecular complexity index is 1860. The highest BCUT2D eigenvalue weighted by Gasteiger charge is 2.19. The molecule has 7 aromatic rings. The molecule has 0 spiro atoms. The lowest BCUT2D eigenvalue weighted by atomic mass is 9.87. The molecule has 0 radical (unpaired) electrons. The first-order valence-corrected chi connectivity index (χ1v) is 11.9. The van der Waals surface area contributed by atoms with Gasteiger partial charge in [0, 0.05) is 10.8 Å². The topological polar surface area (TPSA) is 9.23 Å². The van der Waals surface area contributed by atoms with Crippen molar-refractivity contribution in [3.63, 3.8) is 0 Å². The molecule has 0 saturated carbocycles. The Morgan fingerprint density at radius 2 is 0.943 bits per heavy atom. The monoisotopic (exact) mass is 446 g/mol. The maximum absolute atomic E-state index is 6.63. The van der Waals surface area contributed by atoms with Crippen molar-refractivity contribution in [3.05, 3.63) is 133 Å². The quantitative estimate of drug-likeness (QED) is 0.245. The summed E-state index contributed by atoms with van der Waals surface area (Å²) in [6, 6.07) is 47.1. The highest BCUT2D eigenvalue weighted by atomic mass is 16.5. The van der Waals surface area contributed by atoms with Crippen molar-refractivity contribution in [2.75, 3.05) is 0 Å². The van der Waals surface area contributed by atoms with Crippen LogP contribution in [-0.4, -0.2) is 0 Å². The molecule has 1 nitrogen and oxygen atoms in total. The van der Waals surface area contributed by atoms with Gasteiger partial charge in [0.1, 0.15) is 11.5 Å². The summed E-state index contributed by atoms with van der Waals surface area (Å²) in [5, 5.41) is 9.55. The van der Waals surface area contributed by atoms with Crippen LogP contribution in [-0.2, 0) is 0 Å². The van der Waals surface area contributed by atoms with E-state index in [1.54, 1.807) is 0 Å². The number of para-hydroxylation sites is 1. The van der Waals surface area contributed by atoms with Crippen LogP contribution in [0.25, 0.3) is 54.2 Å². The smallest absolute Gasteiger partial charge is 0.143 e. The summed E-state index contributed by atoms with van der Waals surface area (Å²) in [6.07, 6.45) is 0. The number of benzene rings is 7. The molecule has 1 heteroatoms. The predicted molar refractivity (Wildman–Crippen MR) is 148 cm³/mol. The van der Waals surface area contributed by atoms with E-state index in [0.717, 1.165) is 22.3 Å². The standard InChI is InChI=1S/C34H22O/c1-2-15-26(16-3-1)35-34-30-19-9-8-18-29(30)33(28-20-10-14-23-11-6-7-17-27(23)28)31-21-24-12-4-5-13-25(24)22-32(31)34/h1-22H. The average molecular weight is 447 g/mol. The first-order chi connectivity index (χ1) is 17.4. The van der Waals surface area contributed by atoms with E-state index in [4.69, 9.17) is 4.74 Å². The molecule has 7 aromatic carbocycles. The lowest BCUT2D eigenvalue weighted by molar-refractivity contribution is 0.494. The molecular formula is C34H22O. The fraction of sp³-hybridized carbons (Fsp3) is 0. The molecule has 0 bridgehead atoms. The lowest BCUT2D eigenvalue weighted by Crippen LogP contribution is -1.93. The molecule has 0 aliphatic heterocycles. The van der Waals surface area contributed by atoms with Gasteiger partial charge in [0.2, 0.25) is 0 Å². The lowest BCUT2D eigenvalue weighted by Gasteiger charge is -2.19. The molecule has 7 rings (SSSR count). The fourth-order valence-corrected chi connectivity index (χ4v) is 5.27. The van der Waals surface area contributed by atoms with Crippen LogP contribution < -0.4 is 4.74 Å². The summed E-state index contributed by atoms with van der Waals surface area (Å²) in [6.45, 7) is 0. The van der Waals surface area contributed by atoms with Gasteiger partial charge in [0.15, 0.2) is 0 Å². The van der Waals surface area contributed by atoms with E-state index in [2.05, 4.69) is 103 Å². The fourth-order valence-electron chi connectivity index (χ4n) is 5.27. The van der Waals surface area contributed by atoms with Crippen molar-refractivity contribution in [3.8, 4) is 22.6 Å². The van der Waals surface area contributed by atoms with Crippen molar-refractivity contribution in [2.24, 2.45) is 0 Å². The maximum Gasteiger partial charge on any atom is 0.143 e. The van der Waals surface area contributed by atoms with Crippen LogP contribution in [0.2, 0.25) is 0 Å². The average Bonchev–Trinajstić information content (AvgIpc) is 2.92. The van der Waals surface area contributed by atoms with Crippen LogP contribution in [0.5, 0.6) is 11.5 Å². The molecule has 0 unspecified atom stereocenters. The first kappa shape index (κ1) is 19.8. The second-order valence-electron chi connectivity index (χ2n) is 8.94. The number of rotatable bonds is 3. The highest BCUT2D eigenvalue weighted by molar-refractivity contribution is 6.22. The summed E-state index contributed by atoms with van der Waals surface area (Å²) in [4.78, 5) is 0. The van der Waals surface area contributed by atoms with E-state index < -0.39 is 0 Å². The minimum Gasteiger partial charge on any atom is -0.456 e. The van der Waals surface area contributed by atoms with E-state index >= 15 is 0 Å². The number of hydrogen-bond acceptors (Lipinski definition) is 1. The Hall–Kier alpha value is -4.62. The molecule has 0 amide bonds. The van der Waals surface area contributed by atoms with Crippen molar-refractivity contribution >= 4 is 43.1 Å². The summed E-state index contributed by atoms with van der Waals surface area (Å²) < 4.78 is 6.63. The van der Waals surface area contributed by atoms with E-state index in [9.17, 15) is 0 Å². The van der Waals surface area contributed by atoms with Crippen molar-refractivity contribution in [2.45, 2.75) is 0 Å². The zero-order valence-corrected chi connectivity index (χ0v) is 19.1. The normalized spacial score (nSPS) is 11.4. The van der Waals surface area contributed by atoms with Gasteiger partial charge in [-0.3, -0.25) is 0 Å². The minimum absolute atomic E-state index is 0.838. The molecule has 0 aromatic heterocycles. The summed E-state index contributed by atoms with van der Waals surface area (Å²) >= 11 is 0. The number of ether oxygens (including phenoxy) is 1. The Morgan fingerprint density at radius 3 is 1.71 bits per heavy atom. The van der Waals surface area contributed by atoms with Crippen LogP contribution in [0.3, 0.4) is 0 Å². The second-order valence-corrected chi connectivity index (χ2v) is 8.94. The van der Waals surface area contributed by atoms with Crippen molar-refractivity contribution < 1.29 is 4.74 Å². The van der Waals surface area contributed by atoms with E-state index in [1.165, 1.54) is 43.4 Å². The van der Waals surface area contributed by atoms with Gasteiger partial charge in [-0.05, 0) is 67.7 Å². The molecular weight excluding hydrogens is 424 g/mol. The molecule has 164 valence electrons. The van der Waals surface area contributed by atoms with Gasteiger partial charge >= 0.3 is 0 Å². The molecule has 0 heterocycles.